The maximum Gasteiger partial charge on any atom is 0.412 e. The first-order valence-corrected chi connectivity index (χ1v) is 11.0. The summed E-state index contributed by atoms with van der Waals surface area (Å²) in [7, 11) is 1.44. The second kappa shape index (κ2) is 13.5. The number of halogens is 1. The zero-order valence-electron chi connectivity index (χ0n) is 18.3. The Morgan fingerprint density at radius 3 is 2.52 bits per heavy atom. The number of carbonyl (C=O) groups excluding carboxylic acids is 2. The van der Waals surface area contributed by atoms with Crippen LogP contribution < -0.4 is 15.5 Å². The lowest BCUT2D eigenvalue weighted by Crippen LogP contribution is -2.29. The number of benzene rings is 2. The zero-order valence-corrected chi connectivity index (χ0v) is 19.9. The molecule has 0 bridgehead atoms. The second-order valence-corrected chi connectivity index (χ2v) is 7.75. The van der Waals surface area contributed by atoms with Gasteiger partial charge in [-0.05, 0) is 61.7 Å². The van der Waals surface area contributed by atoms with Gasteiger partial charge in [0.25, 0.3) is 5.91 Å². The topological polar surface area (TPSA) is 126 Å². The highest BCUT2D eigenvalue weighted by molar-refractivity contribution is 9.10. The Morgan fingerprint density at radius 2 is 1.91 bits per heavy atom. The lowest BCUT2D eigenvalue weighted by Gasteiger charge is -2.27. The maximum absolute atomic E-state index is 12.7. The van der Waals surface area contributed by atoms with E-state index < -0.39 is 24.2 Å². The van der Waals surface area contributed by atoms with Gasteiger partial charge in [0, 0.05) is 22.8 Å². The van der Waals surface area contributed by atoms with E-state index in [-0.39, 0.29) is 11.5 Å². The van der Waals surface area contributed by atoms with Crippen LogP contribution in [-0.4, -0.2) is 42.1 Å². The molecule has 0 aliphatic rings. The molecule has 178 valence electrons. The number of phenols is 1. The molecule has 0 aliphatic carbocycles. The summed E-state index contributed by atoms with van der Waals surface area (Å²) < 4.78 is 17.5. The van der Waals surface area contributed by atoms with Crippen LogP contribution in [-0.2, 0) is 14.3 Å². The number of amides is 2. The molecule has 33 heavy (non-hydrogen) atoms. The number of hydroxylamine groups is 1. The van der Waals surface area contributed by atoms with Crippen molar-refractivity contribution in [1.82, 2.24) is 5.48 Å². The van der Waals surface area contributed by atoms with Gasteiger partial charge in [-0.25, -0.2) is 10.3 Å². The molecule has 0 aromatic heterocycles. The highest BCUT2D eigenvalue weighted by Gasteiger charge is 2.28. The number of allylic oxidation sites excluding steroid dienone is 1. The quantitative estimate of drug-likeness (QED) is 0.191. The molecule has 0 heterocycles. The van der Waals surface area contributed by atoms with Crippen LogP contribution in [0.5, 0.6) is 11.5 Å². The number of rotatable bonds is 11. The number of aromatic hydroxyl groups is 1. The molecule has 0 spiro atoms. The summed E-state index contributed by atoms with van der Waals surface area (Å²) in [6, 6.07) is 11.7. The molecule has 2 rings (SSSR count). The van der Waals surface area contributed by atoms with Gasteiger partial charge in [0.05, 0.1) is 13.2 Å². The number of hydrogen-bond donors (Lipinski definition) is 4. The number of methoxy groups -OCH3 is 1. The Morgan fingerprint density at radius 1 is 1.18 bits per heavy atom. The van der Waals surface area contributed by atoms with Crippen LogP contribution in [0.2, 0.25) is 0 Å². The molecule has 4 N–H and O–H groups in total. The van der Waals surface area contributed by atoms with Crippen molar-refractivity contribution in [2.75, 3.05) is 19.0 Å². The third kappa shape index (κ3) is 8.41. The van der Waals surface area contributed by atoms with Crippen molar-refractivity contribution >= 4 is 33.6 Å². The standard InChI is InChI=1S/C23H27BrN2O7/c1-3-32-20(6-4-5-7-21(28)26-30)22(15-8-13-19(31-2)18(27)14-15)33-23(29)25-17-11-9-16(24)10-12-17/h5,7-14,20,22,27,30H,3-4,6H2,1-2H3,(H,25,29)(H,26,28)/b7-5+/t20-,22-/m0/s1. The summed E-state index contributed by atoms with van der Waals surface area (Å²) in [5, 5.41) is 21.5. The van der Waals surface area contributed by atoms with Gasteiger partial charge >= 0.3 is 6.09 Å². The summed E-state index contributed by atoms with van der Waals surface area (Å²) in [6.07, 6.45) is 1.43. The second-order valence-electron chi connectivity index (χ2n) is 6.84. The first kappa shape index (κ1) is 26.2. The van der Waals surface area contributed by atoms with Gasteiger partial charge in [0.1, 0.15) is 0 Å². The van der Waals surface area contributed by atoms with Gasteiger partial charge in [0.2, 0.25) is 0 Å². The summed E-state index contributed by atoms with van der Waals surface area (Å²) in [5.41, 5.74) is 2.58. The van der Waals surface area contributed by atoms with Crippen LogP contribution >= 0.6 is 15.9 Å². The Balaban J connectivity index is 2.25. The number of anilines is 1. The molecule has 2 amide bonds. The molecule has 0 radical (unpaired) electrons. The minimum Gasteiger partial charge on any atom is -0.504 e. The maximum atomic E-state index is 12.7. The van der Waals surface area contributed by atoms with E-state index in [0.717, 1.165) is 4.47 Å². The minimum absolute atomic E-state index is 0.105. The molecule has 0 fully saturated rings. The lowest BCUT2D eigenvalue weighted by atomic mass is 9.99. The molecular formula is C23H27BrN2O7. The molecule has 0 saturated heterocycles. The first-order valence-electron chi connectivity index (χ1n) is 10.2. The molecule has 10 heteroatoms. The Labute approximate surface area is 200 Å². The summed E-state index contributed by atoms with van der Waals surface area (Å²) >= 11 is 3.34. The van der Waals surface area contributed by atoms with Gasteiger partial charge in [-0.1, -0.05) is 28.1 Å². The number of nitrogens with one attached hydrogen (secondary N) is 2. The van der Waals surface area contributed by atoms with E-state index in [1.165, 1.54) is 24.7 Å². The average molecular weight is 523 g/mol. The van der Waals surface area contributed by atoms with E-state index in [1.54, 1.807) is 42.5 Å². The number of ether oxygens (including phenoxy) is 3. The lowest BCUT2D eigenvalue weighted by molar-refractivity contribution is -0.124. The molecule has 0 saturated carbocycles. The van der Waals surface area contributed by atoms with Crippen LogP contribution in [0.15, 0.2) is 59.1 Å². The van der Waals surface area contributed by atoms with Gasteiger partial charge < -0.3 is 19.3 Å². The smallest absolute Gasteiger partial charge is 0.412 e. The molecule has 0 unspecified atom stereocenters. The van der Waals surface area contributed by atoms with Gasteiger partial charge in [-0.2, -0.15) is 0 Å². The molecule has 2 aromatic rings. The monoisotopic (exact) mass is 522 g/mol. The zero-order chi connectivity index (χ0) is 24.2. The average Bonchev–Trinajstić information content (AvgIpc) is 2.81. The van der Waals surface area contributed by atoms with E-state index in [1.807, 2.05) is 6.92 Å². The fraction of sp³-hybridized carbons (Fsp3) is 0.304. The molecular weight excluding hydrogens is 496 g/mol. The van der Waals surface area contributed by atoms with Gasteiger partial charge in [-0.15, -0.1) is 0 Å². The Hall–Kier alpha value is -3.08. The SMILES string of the molecule is CCO[C@@H](CC/C=C/C(=O)NO)[C@@H](OC(=O)Nc1ccc(Br)cc1)c1ccc(OC)c(O)c1. The van der Waals surface area contributed by atoms with E-state index in [4.69, 9.17) is 19.4 Å². The van der Waals surface area contributed by atoms with Crippen molar-refractivity contribution in [3.05, 3.63) is 64.7 Å². The largest absolute Gasteiger partial charge is 0.504 e. The predicted octanol–water partition coefficient (Wildman–Crippen LogP) is 4.70. The predicted molar refractivity (Wildman–Crippen MR) is 125 cm³/mol. The summed E-state index contributed by atoms with van der Waals surface area (Å²) in [5.74, 6) is -0.473. The van der Waals surface area contributed by atoms with E-state index in [9.17, 15) is 14.7 Å². The van der Waals surface area contributed by atoms with Crippen LogP contribution in [0, 0.1) is 0 Å². The fourth-order valence-electron chi connectivity index (χ4n) is 3.06. The van der Waals surface area contributed by atoms with E-state index in [2.05, 4.69) is 21.2 Å². The summed E-state index contributed by atoms with van der Waals surface area (Å²) in [6.45, 7) is 2.16. The van der Waals surface area contributed by atoms with Crippen molar-refractivity contribution in [3.8, 4) is 11.5 Å². The third-order valence-corrected chi connectivity index (χ3v) is 5.10. The van der Waals surface area contributed by atoms with Crippen molar-refractivity contribution in [1.29, 1.82) is 0 Å². The number of hydrogen-bond acceptors (Lipinski definition) is 7. The molecule has 2 aromatic carbocycles. The van der Waals surface area contributed by atoms with Crippen molar-refractivity contribution in [3.63, 3.8) is 0 Å². The van der Waals surface area contributed by atoms with Crippen molar-refractivity contribution in [2.24, 2.45) is 0 Å². The summed E-state index contributed by atoms with van der Waals surface area (Å²) in [4.78, 5) is 23.8. The third-order valence-electron chi connectivity index (χ3n) is 4.57. The van der Waals surface area contributed by atoms with Crippen LogP contribution in [0.4, 0.5) is 10.5 Å². The molecule has 0 aliphatic heterocycles. The van der Waals surface area contributed by atoms with E-state index in [0.29, 0.717) is 30.7 Å². The first-order chi connectivity index (χ1) is 15.9. The van der Waals surface area contributed by atoms with Crippen LogP contribution in [0.3, 0.4) is 0 Å². The minimum atomic E-state index is -0.864. The van der Waals surface area contributed by atoms with Gasteiger partial charge in [0.15, 0.2) is 17.6 Å². The highest BCUT2D eigenvalue weighted by atomic mass is 79.9. The van der Waals surface area contributed by atoms with Crippen LogP contribution in [0.1, 0.15) is 31.4 Å². The normalized spacial score (nSPS) is 12.7. The van der Waals surface area contributed by atoms with Crippen molar-refractivity contribution < 1.29 is 34.1 Å². The number of carbonyl (C=O) groups is 2. The van der Waals surface area contributed by atoms with E-state index >= 15 is 0 Å². The fourth-order valence-corrected chi connectivity index (χ4v) is 3.33. The number of phenolic OH excluding ortho intramolecular Hbond substituents is 1. The molecule has 9 nitrogen and oxygen atoms in total. The van der Waals surface area contributed by atoms with Crippen LogP contribution in [0.25, 0.3) is 0 Å². The Bertz CT molecular complexity index is 950. The molecule has 2 atom stereocenters. The van der Waals surface area contributed by atoms with Crippen molar-refractivity contribution in [2.45, 2.75) is 32.0 Å². The highest BCUT2D eigenvalue weighted by Crippen LogP contribution is 2.34. The van der Waals surface area contributed by atoms with Gasteiger partial charge in [-0.3, -0.25) is 15.3 Å². The Kier molecular flexibility index (Phi) is 10.7.